The number of amides is 2. The molecular weight excluding hydrogens is 304 g/mol. The number of hydrogen-bond acceptors (Lipinski definition) is 3. The summed E-state index contributed by atoms with van der Waals surface area (Å²) in [6.07, 6.45) is 0. The lowest BCUT2D eigenvalue weighted by Gasteiger charge is -2.11. The predicted molar refractivity (Wildman–Crippen MR) is 93.2 cm³/mol. The highest BCUT2D eigenvalue weighted by Gasteiger charge is 2.07. The maximum atomic E-state index is 11.8. The molecule has 5 nitrogen and oxygen atoms in total. The van der Waals surface area contributed by atoms with Crippen LogP contribution in [0, 0.1) is 13.8 Å². The van der Waals surface area contributed by atoms with Gasteiger partial charge in [0.05, 0.1) is 0 Å². The molecule has 0 aromatic heterocycles. The molecule has 2 rings (SSSR count). The van der Waals surface area contributed by atoms with Gasteiger partial charge in [-0.2, -0.15) is 0 Å². The van der Waals surface area contributed by atoms with E-state index < -0.39 is 0 Å². The lowest BCUT2D eigenvalue weighted by molar-refractivity contribution is -0.123. The monoisotopic (exact) mass is 326 g/mol. The van der Waals surface area contributed by atoms with Crippen LogP contribution in [-0.4, -0.2) is 31.5 Å². The summed E-state index contributed by atoms with van der Waals surface area (Å²) in [6, 6.07) is 14.7. The van der Waals surface area contributed by atoms with Crippen LogP contribution in [0.2, 0.25) is 0 Å². The first-order chi connectivity index (χ1) is 11.6. The largest absolute Gasteiger partial charge is 0.483 e. The van der Waals surface area contributed by atoms with E-state index in [2.05, 4.69) is 10.6 Å². The Morgan fingerprint density at radius 1 is 0.917 bits per heavy atom. The summed E-state index contributed by atoms with van der Waals surface area (Å²) in [5, 5.41) is 5.47. The second kappa shape index (κ2) is 8.72. The lowest BCUT2D eigenvalue weighted by Crippen LogP contribution is -2.36. The summed E-state index contributed by atoms with van der Waals surface area (Å²) in [5.41, 5.74) is 2.75. The first kappa shape index (κ1) is 17.5. The van der Waals surface area contributed by atoms with Crippen LogP contribution in [0.5, 0.6) is 5.75 Å². The highest BCUT2D eigenvalue weighted by atomic mass is 16.5. The second-order valence-corrected chi connectivity index (χ2v) is 5.46. The third kappa shape index (κ3) is 5.12. The number of rotatable bonds is 7. The van der Waals surface area contributed by atoms with Crippen LogP contribution < -0.4 is 15.4 Å². The number of carbonyl (C=O) groups excluding carboxylic acids is 2. The Hall–Kier alpha value is -2.82. The molecule has 2 aromatic rings. The van der Waals surface area contributed by atoms with Gasteiger partial charge in [0.2, 0.25) is 0 Å². The van der Waals surface area contributed by atoms with Gasteiger partial charge >= 0.3 is 0 Å². The molecule has 24 heavy (non-hydrogen) atoms. The molecule has 0 atom stereocenters. The molecule has 2 aromatic carbocycles. The average Bonchev–Trinajstić information content (AvgIpc) is 2.60. The van der Waals surface area contributed by atoms with Crippen LogP contribution in [0.1, 0.15) is 21.5 Å². The second-order valence-electron chi connectivity index (χ2n) is 5.46. The van der Waals surface area contributed by atoms with Crippen molar-refractivity contribution in [1.29, 1.82) is 0 Å². The summed E-state index contributed by atoms with van der Waals surface area (Å²) in [5.74, 6) is 0.337. The van der Waals surface area contributed by atoms with Crippen LogP contribution in [0.3, 0.4) is 0 Å². The third-order valence-electron chi connectivity index (χ3n) is 3.68. The standard InChI is InChI=1S/C19H22N2O3/c1-14-7-6-10-17(15(14)2)24-13-18(22)20-11-12-21-19(23)16-8-4-3-5-9-16/h3-10H,11-13H2,1-2H3,(H,20,22)(H,21,23). The molecule has 0 radical (unpaired) electrons. The summed E-state index contributed by atoms with van der Waals surface area (Å²) in [4.78, 5) is 23.6. The SMILES string of the molecule is Cc1cccc(OCC(=O)NCCNC(=O)c2ccccc2)c1C. The van der Waals surface area contributed by atoms with Gasteiger partial charge in [-0.25, -0.2) is 0 Å². The molecule has 0 spiro atoms. The van der Waals surface area contributed by atoms with Gasteiger partial charge in [-0.1, -0.05) is 30.3 Å². The molecule has 0 bridgehead atoms. The third-order valence-corrected chi connectivity index (χ3v) is 3.68. The van der Waals surface area contributed by atoms with Crippen molar-refractivity contribution in [3.05, 3.63) is 65.2 Å². The quantitative estimate of drug-likeness (QED) is 0.767. The van der Waals surface area contributed by atoms with Gasteiger partial charge in [0, 0.05) is 18.7 Å². The first-order valence-corrected chi connectivity index (χ1v) is 7.87. The van der Waals surface area contributed by atoms with Crippen molar-refractivity contribution in [2.45, 2.75) is 13.8 Å². The predicted octanol–water partition coefficient (Wildman–Crippen LogP) is 2.23. The van der Waals surface area contributed by atoms with Crippen molar-refractivity contribution < 1.29 is 14.3 Å². The number of nitrogens with one attached hydrogen (secondary N) is 2. The van der Waals surface area contributed by atoms with E-state index in [1.54, 1.807) is 24.3 Å². The van der Waals surface area contributed by atoms with Gasteiger partial charge in [0.25, 0.3) is 11.8 Å². The van der Waals surface area contributed by atoms with E-state index in [1.165, 1.54) is 0 Å². The van der Waals surface area contributed by atoms with Gasteiger partial charge in [-0.05, 0) is 43.2 Å². The topological polar surface area (TPSA) is 67.4 Å². The Bertz CT molecular complexity index is 699. The molecule has 0 fully saturated rings. The van der Waals surface area contributed by atoms with Crippen molar-refractivity contribution in [3.8, 4) is 5.75 Å². The zero-order chi connectivity index (χ0) is 17.4. The molecule has 126 valence electrons. The molecule has 0 saturated carbocycles. The molecule has 0 aliphatic carbocycles. The minimum atomic E-state index is -0.218. The van der Waals surface area contributed by atoms with Crippen molar-refractivity contribution in [2.75, 3.05) is 19.7 Å². The van der Waals surface area contributed by atoms with Crippen molar-refractivity contribution in [1.82, 2.24) is 10.6 Å². The molecule has 0 aliphatic rings. The first-order valence-electron chi connectivity index (χ1n) is 7.87. The van der Waals surface area contributed by atoms with Crippen LogP contribution in [0.15, 0.2) is 48.5 Å². The zero-order valence-corrected chi connectivity index (χ0v) is 14.0. The number of aryl methyl sites for hydroxylation is 1. The smallest absolute Gasteiger partial charge is 0.258 e. The van der Waals surface area contributed by atoms with Gasteiger partial charge in [0.15, 0.2) is 6.61 Å². The molecule has 2 amide bonds. The van der Waals surface area contributed by atoms with Crippen LogP contribution in [0.25, 0.3) is 0 Å². The van der Waals surface area contributed by atoms with Gasteiger partial charge in [-0.15, -0.1) is 0 Å². The van der Waals surface area contributed by atoms with Crippen LogP contribution in [0.4, 0.5) is 0 Å². The fourth-order valence-electron chi connectivity index (χ4n) is 2.14. The maximum absolute atomic E-state index is 11.8. The number of benzene rings is 2. The lowest BCUT2D eigenvalue weighted by atomic mass is 10.1. The van der Waals surface area contributed by atoms with Crippen molar-refractivity contribution >= 4 is 11.8 Å². The molecule has 0 unspecified atom stereocenters. The molecule has 0 saturated heterocycles. The maximum Gasteiger partial charge on any atom is 0.258 e. The van der Waals surface area contributed by atoms with Crippen molar-refractivity contribution in [2.24, 2.45) is 0 Å². The van der Waals surface area contributed by atoms with Crippen molar-refractivity contribution in [3.63, 3.8) is 0 Å². The van der Waals surface area contributed by atoms with Gasteiger partial charge < -0.3 is 15.4 Å². The molecule has 2 N–H and O–H groups in total. The fourth-order valence-corrected chi connectivity index (χ4v) is 2.14. The van der Waals surface area contributed by atoms with E-state index in [0.29, 0.717) is 24.4 Å². The number of ether oxygens (including phenoxy) is 1. The molecule has 0 heterocycles. The van der Waals surface area contributed by atoms with E-state index >= 15 is 0 Å². The van der Waals surface area contributed by atoms with E-state index in [0.717, 1.165) is 11.1 Å². The molecular formula is C19H22N2O3. The Balaban J connectivity index is 1.67. The highest BCUT2D eigenvalue weighted by Crippen LogP contribution is 2.20. The normalized spacial score (nSPS) is 10.1. The zero-order valence-electron chi connectivity index (χ0n) is 14.0. The summed E-state index contributed by atoms with van der Waals surface area (Å²) in [7, 11) is 0. The summed E-state index contributed by atoms with van der Waals surface area (Å²) >= 11 is 0. The minimum Gasteiger partial charge on any atom is -0.483 e. The Morgan fingerprint density at radius 3 is 2.38 bits per heavy atom. The fraction of sp³-hybridized carbons (Fsp3) is 0.263. The summed E-state index contributed by atoms with van der Waals surface area (Å²) in [6.45, 7) is 4.63. The molecule has 0 aliphatic heterocycles. The highest BCUT2D eigenvalue weighted by molar-refractivity contribution is 5.94. The minimum absolute atomic E-state index is 0.0447. The number of carbonyl (C=O) groups is 2. The summed E-state index contributed by atoms with van der Waals surface area (Å²) < 4.78 is 5.53. The average molecular weight is 326 g/mol. The van der Waals surface area contributed by atoms with E-state index in [1.807, 2.05) is 38.1 Å². The van der Waals surface area contributed by atoms with Gasteiger partial charge in [-0.3, -0.25) is 9.59 Å². The van der Waals surface area contributed by atoms with E-state index in [-0.39, 0.29) is 18.4 Å². The van der Waals surface area contributed by atoms with E-state index in [4.69, 9.17) is 4.74 Å². The van der Waals surface area contributed by atoms with E-state index in [9.17, 15) is 9.59 Å². The Kier molecular flexibility index (Phi) is 6.37. The van der Waals surface area contributed by atoms with Crippen LogP contribution >= 0.6 is 0 Å². The van der Waals surface area contributed by atoms with Crippen LogP contribution in [-0.2, 0) is 4.79 Å². The molecule has 5 heteroatoms. The number of hydrogen-bond donors (Lipinski definition) is 2. The Morgan fingerprint density at radius 2 is 1.62 bits per heavy atom. The van der Waals surface area contributed by atoms with Gasteiger partial charge in [0.1, 0.15) is 5.75 Å². The Labute approximate surface area is 142 Å².